The van der Waals surface area contributed by atoms with Gasteiger partial charge in [0.1, 0.15) is 5.82 Å². The highest BCUT2D eigenvalue weighted by atomic mass is 127. The molecule has 1 aromatic rings. The van der Waals surface area contributed by atoms with Crippen LogP contribution in [0, 0.1) is 11.7 Å². The second kappa shape index (κ2) is 10.6. The van der Waals surface area contributed by atoms with Gasteiger partial charge in [-0.25, -0.2) is 17.8 Å². The molecule has 2 heterocycles. The van der Waals surface area contributed by atoms with Crippen LogP contribution in [0.25, 0.3) is 0 Å². The van der Waals surface area contributed by atoms with Crippen molar-refractivity contribution in [3.8, 4) is 0 Å². The van der Waals surface area contributed by atoms with Crippen molar-refractivity contribution in [2.24, 2.45) is 10.9 Å². The first kappa shape index (κ1) is 22.4. The van der Waals surface area contributed by atoms with Gasteiger partial charge in [0, 0.05) is 31.4 Å². The van der Waals surface area contributed by atoms with Crippen molar-refractivity contribution >= 4 is 39.8 Å². The van der Waals surface area contributed by atoms with Crippen LogP contribution in [-0.2, 0) is 21.1 Å². The molecule has 1 aromatic carbocycles. The van der Waals surface area contributed by atoms with Crippen LogP contribution in [0.15, 0.2) is 29.3 Å². The fourth-order valence-corrected chi connectivity index (χ4v) is 5.11. The quantitative estimate of drug-likeness (QED) is 0.360. The predicted molar refractivity (Wildman–Crippen MR) is 115 cm³/mol. The molecular formula is C18H27FIN3O3S. The van der Waals surface area contributed by atoms with Gasteiger partial charge in [0.15, 0.2) is 15.8 Å². The SMILES string of the molecule is I.O=S1(=O)CCC(CNC(=NCc2ccccc2F)NC2CCOCC2)C1. The molecule has 0 spiro atoms. The summed E-state index contributed by atoms with van der Waals surface area (Å²) in [7, 11) is -2.90. The molecule has 0 saturated carbocycles. The van der Waals surface area contributed by atoms with Crippen LogP contribution >= 0.6 is 24.0 Å². The Bertz CT molecular complexity index is 739. The third-order valence-corrected chi connectivity index (χ3v) is 6.65. The number of aliphatic imine (C=N–C) groups is 1. The van der Waals surface area contributed by atoms with Crippen LogP contribution in [0.4, 0.5) is 4.39 Å². The number of hydrogen-bond acceptors (Lipinski definition) is 4. The van der Waals surface area contributed by atoms with E-state index < -0.39 is 9.84 Å². The number of ether oxygens (including phenoxy) is 1. The highest BCUT2D eigenvalue weighted by Crippen LogP contribution is 2.17. The van der Waals surface area contributed by atoms with E-state index in [1.807, 2.05) is 0 Å². The minimum atomic E-state index is -2.90. The zero-order chi connectivity index (χ0) is 18.4. The molecule has 27 heavy (non-hydrogen) atoms. The second-order valence-electron chi connectivity index (χ2n) is 6.94. The van der Waals surface area contributed by atoms with E-state index in [1.165, 1.54) is 6.07 Å². The molecule has 2 saturated heterocycles. The van der Waals surface area contributed by atoms with Gasteiger partial charge in [-0.2, -0.15) is 0 Å². The Morgan fingerprint density at radius 2 is 1.96 bits per heavy atom. The summed E-state index contributed by atoms with van der Waals surface area (Å²) in [4.78, 5) is 4.51. The maximum absolute atomic E-state index is 13.8. The number of nitrogens with zero attached hydrogens (tertiary/aromatic N) is 1. The molecule has 2 aliphatic heterocycles. The van der Waals surface area contributed by atoms with Gasteiger partial charge in [0.25, 0.3) is 0 Å². The van der Waals surface area contributed by atoms with E-state index in [0.29, 0.717) is 37.7 Å². The summed E-state index contributed by atoms with van der Waals surface area (Å²) in [6, 6.07) is 6.84. The Labute approximate surface area is 177 Å². The van der Waals surface area contributed by atoms with Crippen molar-refractivity contribution in [2.45, 2.75) is 31.8 Å². The predicted octanol–water partition coefficient (Wildman–Crippen LogP) is 2.09. The molecule has 1 unspecified atom stereocenters. The molecule has 0 aliphatic carbocycles. The highest BCUT2D eigenvalue weighted by Gasteiger charge is 2.28. The molecule has 3 rings (SSSR count). The number of benzene rings is 1. The Hall–Kier alpha value is -0.940. The Balaban J connectivity index is 0.00000261. The van der Waals surface area contributed by atoms with Crippen LogP contribution in [0.1, 0.15) is 24.8 Å². The molecule has 1 atom stereocenters. The minimum Gasteiger partial charge on any atom is -0.381 e. The first-order valence-corrected chi connectivity index (χ1v) is 10.9. The monoisotopic (exact) mass is 511 g/mol. The molecule has 0 amide bonds. The number of sulfone groups is 1. The lowest BCUT2D eigenvalue weighted by atomic mass is 10.1. The first-order valence-electron chi connectivity index (χ1n) is 9.08. The third-order valence-electron chi connectivity index (χ3n) is 4.81. The summed E-state index contributed by atoms with van der Waals surface area (Å²) < 4.78 is 42.4. The van der Waals surface area contributed by atoms with E-state index in [4.69, 9.17) is 4.74 Å². The highest BCUT2D eigenvalue weighted by molar-refractivity contribution is 14.0. The van der Waals surface area contributed by atoms with Crippen molar-refractivity contribution < 1.29 is 17.5 Å². The molecular weight excluding hydrogens is 484 g/mol. The number of guanidine groups is 1. The van der Waals surface area contributed by atoms with E-state index in [1.54, 1.807) is 18.2 Å². The average molecular weight is 511 g/mol. The smallest absolute Gasteiger partial charge is 0.191 e. The fourth-order valence-electron chi connectivity index (χ4n) is 3.25. The summed E-state index contributed by atoms with van der Waals surface area (Å²) in [5, 5.41) is 6.62. The number of nitrogens with one attached hydrogen (secondary N) is 2. The molecule has 2 N–H and O–H groups in total. The zero-order valence-corrected chi connectivity index (χ0v) is 18.3. The number of rotatable bonds is 5. The van der Waals surface area contributed by atoms with Crippen molar-refractivity contribution in [1.82, 2.24) is 10.6 Å². The van der Waals surface area contributed by atoms with Crippen LogP contribution in [-0.4, -0.2) is 51.7 Å². The van der Waals surface area contributed by atoms with Crippen LogP contribution in [0.2, 0.25) is 0 Å². The lowest BCUT2D eigenvalue weighted by Gasteiger charge is -2.25. The maximum atomic E-state index is 13.8. The molecule has 0 bridgehead atoms. The molecule has 152 valence electrons. The van der Waals surface area contributed by atoms with Gasteiger partial charge in [-0.1, -0.05) is 18.2 Å². The normalized spacial score (nSPS) is 22.9. The van der Waals surface area contributed by atoms with Gasteiger partial charge >= 0.3 is 0 Å². The first-order chi connectivity index (χ1) is 12.5. The Kier molecular flexibility index (Phi) is 8.74. The lowest BCUT2D eigenvalue weighted by molar-refractivity contribution is 0.0822. The van der Waals surface area contributed by atoms with Gasteiger partial charge in [0.2, 0.25) is 0 Å². The van der Waals surface area contributed by atoms with Crippen molar-refractivity contribution in [3.05, 3.63) is 35.6 Å². The molecule has 2 fully saturated rings. The molecule has 9 heteroatoms. The lowest BCUT2D eigenvalue weighted by Crippen LogP contribution is -2.47. The van der Waals surface area contributed by atoms with Gasteiger partial charge in [-0.3, -0.25) is 0 Å². The standard InChI is InChI=1S/C18H26FN3O3S.HI/c19-17-4-2-1-3-15(17)12-21-18(22-16-5-8-25-9-6-16)20-11-14-7-10-26(23,24)13-14;/h1-4,14,16H,5-13H2,(H2,20,21,22);1H. The fraction of sp³-hybridized carbons (Fsp3) is 0.611. The summed E-state index contributed by atoms with van der Waals surface area (Å²) in [6.45, 7) is 2.19. The van der Waals surface area contributed by atoms with Gasteiger partial charge in [-0.05, 0) is 31.2 Å². The van der Waals surface area contributed by atoms with Crippen molar-refractivity contribution in [2.75, 3.05) is 31.3 Å². The van der Waals surface area contributed by atoms with Gasteiger partial charge in [0.05, 0.1) is 18.1 Å². The number of hydrogen-bond donors (Lipinski definition) is 2. The molecule has 6 nitrogen and oxygen atoms in total. The van der Waals surface area contributed by atoms with Crippen molar-refractivity contribution in [1.29, 1.82) is 0 Å². The van der Waals surface area contributed by atoms with Crippen molar-refractivity contribution in [3.63, 3.8) is 0 Å². The molecule has 0 aromatic heterocycles. The maximum Gasteiger partial charge on any atom is 0.191 e. The number of halogens is 2. The van der Waals surface area contributed by atoms with Crippen LogP contribution in [0.5, 0.6) is 0 Å². The van der Waals surface area contributed by atoms with E-state index in [2.05, 4.69) is 15.6 Å². The average Bonchev–Trinajstić information content (AvgIpc) is 2.98. The zero-order valence-electron chi connectivity index (χ0n) is 15.2. The van der Waals surface area contributed by atoms with Crippen LogP contribution < -0.4 is 10.6 Å². The molecule has 2 aliphatic rings. The summed E-state index contributed by atoms with van der Waals surface area (Å²) in [5.74, 6) is 0.898. The van der Waals surface area contributed by atoms with Gasteiger partial charge < -0.3 is 15.4 Å². The minimum absolute atomic E-state index is 0. The summed E-state index contributed by atoms with van der Waals surface area (Å²) in [6.07, 6.45) is 2.45. The van der Waals surface area contributed by atoms with Crippen LogP contribution in [0.3, 0.4) is 0 Å². The largest absolute Gasteiger partial charge is 0.381 e. The third kappa shape index (κ3) is 7.19. The van der Waals surface area contributed by atoms with E-state index in [0.717, 1.165) is 12.8 Å². The van der Waals surface area contributed by atoms with E-state index >= 15 is 0 Å². The Morgan fingerprint density at radius 3 is 2.63 bits per heavy atom. The Morgan fingerprint density at radius 1 is 1.22 bits per heavy atom. The van der Waals surface area contributed by atoms with E-state index in [-0.39, 0.29) is 59.8 Å². The van der Waals surface area contributed by atoms with E-state index in [9.17, 15) is 12.8 Å². The summed E-state index contributed by atoms with van der Waals surface area (Å²) >= 11 is 0. The summed E-state index contributed by atoms with van der Waals surface area (Å²) in [5.41, 5.74) is 0.532. The van der Waals surface area contributed by atoms with Gasteiger partial charge in [-0.15, -0.1) is 24.0 Å². The molecule has 0 radical (unpaired) electrons. The second-order valence-corrected chi connectivity index (χ2v) is 9.17. The topological polar surface area (TPSA) is 79.8 Å².